The van der Waals surface area contributed by atoms with Gasteiger partial charge in [0.2, 0.25) is 0 Å². The van der Waals surface area contributed by atoms with E-state index >= 15 is 0 Å². The van der Waals surface area contributed by atoms with Crippen molar-refractivity contribution in [3.05, 3.63) is 44.6 Å². The van der Waals surface area contributed by atoms with Crippen LogP contribution in [0.25, 0.3) is 0 Å². The van der Waals surface area contributed by atoms with Crippen LogP contribution >= 0.6 is 11.3 Å². The number of nitrogens with zero attached hydrogens (tertiary/aromatic N) is 1. The number of hydrogen-bond acceptors (Lipinski definition) is 4. The molecule has 0 bridgehead atoms. The zero-order valence-electron chi connectivity index (χ0n) is 15.0. The van der Waals surface area contributed by atoms with Gasteiger partial charge in [0.25, 0.3) is 0 Å². The molecule has 3 aliphatic rings. The molecule has 0 saturated heterocycles. The lowest BCUT2D eigenvalue weighted by Crippen LogP contribution is -2.38. The first-order valence-electron chi connectivity index (χ1n) is 9.35. The van der Waals surface area contributed by atoms with Gasteiger partial charge < -0.3 is 9.47 Å². The highest BCUT2D eigenvalue weighted by atomic mass is 32.1. The molecule has 5 rings (SSSR count). The van der Waals surface area contributed by atoms with Crippen molar-refractivity contribution in [3.63, 3.8) is 0 Å². The molecule has 1 aromatic heterocycles. The average molecular weight is 356 g/mol. The zero-order valence-corrected chi connectivity index (χ0v) is 15.8. The Morgan fingerprint density at radius 2 is 2.08 bits per heavy atom. The van der Waals surface area contributed by atoms with Crippen molar-refractivity contribution in [2.75, 3.05) is 20.8 Å². The van der Waals surface area contributed by atoms with Crippen molar-refractivity contribution < 1.29 is 9.47 Å². The van der Waals surface area contributed by atoms with E-state index in [1.54, 1.807) is 29.5 Å². The van der Waals surface area contributed by atoms with E-state index in [0.29, 0.717) is 6.04 Å². The molecule has 3 nitrogen and oxygen atoms in total. The first-order chi connectivity index (χ1) is 12.3. The summed E-state index contributed by atoms with van der Waals surface area (Å²) in [5.74, 6) is 2.74. The van der Waals surface area contributed by atoms with Crippen LogP contribution in [0.15, 0.2) is 18.2 Å². The van der Waals surface area contributed by atoms with E-state index in [1.165, 1.54) is 36.8 Å². The molecule has 132 valence electrons. The van der Waals surface area contributed by atoms with Gasteiger partial charge in [0.1, 0.15) is 0 Å². The van der Waals surface area contributed by atoms with E-state index in [9.17, 15) is 0 Å². The summed E-state index contributed by atoms with van der Waals surface area (Å²) in [6, 6.07) is 7.36. The molecule has 0 unspecified atom stereocenters. The summed E-state index contributed by atoms with van der Waals surface area (Å²) in [6.45, 7) is 2.12. The third-order valence-corrected chi connectivity index (χ3v) is 7.26. The number of rotatable bonds is 4. The minimum Gasteiger partial charge on any atom is -0.493 e. The van der Waals surface area contributed by atoms with E-state index < -0.39 is 0 Å². The molecule has 2 aliphatic heterocycles. The Labute approximate surface area is 153 Å². The second-order valence-electron chi connectivity index (χ2n) is 7.62. The van der Waals surface area contributed by atoms with Gasteiger partial charge in [-0.1, -0.05) is 6.07 Å². The van der Waals surface area contributed by atoms with Crippen molar-refractivity contribution in [1.29, 1.82) is 0 Å². The van der Waals surface area contributed by atoms with Crippen LogP contribution in [0.5, 0.6) is 11.5 Å². The Balaban J connectivity index is 1.49. The van der Waals surface area contributed by atoms with E-state index in [-0.39, 0.29) is 0 Å². The first kappa shape index (κ1) is 15.7. The van der Waals surface area contributed by atoms with E-state index in [4.69, 9.17) is 9.47 Å². The van der Waals surface area contributed by atoms with Crippen LogP contribution in [-0.4, -0.2) is 25.7 Å². The molecular formula is C21H25NO2S. The number of thiophene rings is 1. The molecular weight excluding hydrogens is 330 g/mol. The Morgan fingerprint density at radius 3 is 2.84 bits per heavy atom. The highest BCUT2D eigenvalue weighted by Gasteiger charge is 2.35. The zero-order chi connectivity index (χ0) is 17.0. The van der Waals surface area contributed by atoms with E-state index in [0.717, 1.165) is 36.9 Å². The van der Waals surface area contributed by atoms with Crippen LogP contribution in [0, 0.1) is 5.92 Å². The van der Waals surface area contributed by atoms with Gasteiger partial charge in [0.15, 0.2) is 11.5 Å². The lowest BCUT2D eigenvalue weighted by molar-refractivity contribution is 0.159. The van der Waals surface area contributed by atoms with Crippen molar-refractivity contribution in [2.45, 2.75) is 44.7 Å². The Morgan fingerprint density at radius 1 is 1.20 bits per heavy atom. The average Bonchev–Trinajstić information content (AvgIpc) is 3.35. The maximum absolute atomic E-state index is 5.69. The Hall–Kier alpha value is -1.52. The number of methoxy groups -OCH3 is 2. The quantitative estimate of drug-likeness (QED) is 0.813. The summed E-state index contributed by atoms with van der Waals surface area (Å²) in [5.41, 5.74) is 4.34. The van der Waals surface area contributed by atoms with Crippen LogP contribution in [0.2, 0.25) is 0 Å². The molecule has 1 saturated carbocycles. The van der Waals surface area contributed by atoms with Gasteiger partial charge in [0.05, 0.1) is 14.2 Å². The predicted octanol–water partition coefficient (Wildman–Crippen LogP) is 4.37. The fourth-order valence-corrected chi connectivity index (χ4v) is 5.85. The van der Waals surface area contributed by atoms with Gasteiger partial charge >= 0.3 is 0 Å². The normalized spacial score (nSPS) is 22.1. The fraction of sp³-hybridized carbons (Fsp3) is 0.524. The fourth-order valence-electron chi connectivity index (χ4n) is 4.52. The number of fused-ring (bicyclic) bond motifs is 4. The van der Waals surface area contributed by atoms with Gasteiger partial charge in [0, 0.05) is 34.4 Å². The Bertz CT molecular complexity index is 808. The number of hydrogen-bond donors (Lipinski definition) is 0. The van der Waals surface area contributed by atoms with Crippen LogP contribution in [-0.2, 0) is 25.8 Å². The standard InChI is InChI=1S/C21H25NO2S/c1-23-19-6-5-14-10-18-16-11-15(9-13-3-4-13)25-20(16)7-8-22(18)12-17(14)21(19)24-2/h5-6,11,13,18H,3-4,7-10,12H2,1-2H3/t18-/m0/s1. The van der Waals surface area contributed by atoms with Gasteiger partial charge in [-0.3, -0.25) is 4.90 Å². The predicted molar refractivity (Wildman–Crippen MR) is 101 cm³/mol. The molecule has 25 heavy (non-hydrogen) atoms. The van der Waals surface area contributed by atoms with Crippen LogP contribution in [0.1, 0.15) is 45.3 Å². The van der Waals surface area contributed by atoms with Gasteiger partial charge in [-0.2, -0.15) is 0 Å². The van der Waals surface area contributed by atoms with Crippen molar-refractivity contribution >= 4 is 11.3 Å². The summed E-state index contributed by atoms with van der Waals surface area (Å²) in [7, 11) is 3.47. The first-order valence-corrected chi connectivity index (χ1v) is 10.2. The third-order valence-electron chi connectivity index (χ3n) is 6.03. The second-order valence-corrected chi connectivity index (χ2v) is 8.84. The highest BCUT2D eigenvalue weighted by Crippen LogP contribution is 2.46. The molecule has 4 heteroatoms. The molecule has 3 heterocycles. The highest BCUT2D eigenvalue weighted by molar-refractivity contribution is 7.12. The number of ether oxygens (including phenoxy) is 2. The molecule has 1 aromatic carbocycles. The van der Waals surface area contributed by atoms with Crippen LogP contribution in [0.4, 0.5) is 0 Å². The van der Waals surface area contributed by atoms with Crippen LogP contribution in [0.3, 0.4) is 0 Å². The number of benzene rings is 1. The van der Waals surface area contributed by atoms with Crippen molar-refractivity contribution in [1.82, 2.24) is 4.90 Å². The molecule has 0 amide bonds. The lowest BCUT2D eigenvalue weighted by Gasteiger charge is -2.40. The molecule has 2 aromatic rings. The third kappa shape index (κ3) is 2.67. The minimum atomic E-state index is 0.540. The summed E-state index contributed by atoms with van der Waals surface area (Å²) in [6.07, 6.45) is 6.47. The smallest absolute Gasteiger partial charge is 0.165 e. The minimum absolute atomic E-state index is 0.540. The van der Waals surface area contributed by atoms with Gasteiger partial charge in [-0.25, -0.2) is 0 Å². The summed E-state index contributed by atoms with van der Waals surface area (Å²) in [5, 5.41) is 0. The van der Waals surface area contributed by atoms with Crippen molar-refractivity contribution in [2.24, 2.45) is 5.92 Å². The largest absolute Gasteiger partial charge is 0.493 e. The molecule has 0 spiro atoms. The van der Waals surface area contributed by atoms with Crippen LogP contribution < -0.4 is 9.47 Å². The molecule has 1 fully saturated rings. The maximum Gasteiger partial charge on any atom is 0.165 e. The SMILES string of the molecule is COc1ccc2c(c1OC)CN1CCc3sc(CC4CC4)cc3[C@@H]1C2. The van der Waals surface area contributed by atoms with Gasteiger partial charge in [-0.05, 0) is 61.3 Å². The second kappa shape index (κ2) is 6.03. The summed E-state index contributed by atoms with van der Waals surface area (Å²) >= 11 is 2.08. The topological polar surface area (TPSA) is 21.7 Å². The Kier molecular flexibility index (Phi) is 3.79. The monoisotopic (exact) mass is 355 g/mol. The molecule has 0 N–H and O–H groups in total. The van der Waals surface area contributed by atoms with Gasteiger partial charge in [-0.15, -0.1) is 11.3 Å². The summed E-state index contributed by atoms with van der Waals surface area (Å²) < 4.78 is 11.2. The van der Waals surface area contributed by atoms with Crippen molar-refractivity contribution in [3.8, 4) is 11.5 Å². The molecule has 1 aliphatic carbocycles. The lowest BCUT2D eigenvalue weighted by atomic mass is 9.86. The molecule has 0 radical (unpaired) electrons. The molecule has 1 atom stereocenters. The van der Waals surface area contributed by atoms with E-state index in [1.807, 2.05) is 0 Å². The van der Waals surface area contributed by atoms with E-state index in [2.05, 4.69) is 34.4 Å². The summed E-state index contributed by atoms with van der Waals surface area (Å²) in [4.78, 5) is 5.90. The maximum atomic E-state index is 5.69.